The lowest BCUT2D eigenvalue weighted by molar-refractivity contribution is -0.133. The van der Waals surface area contributed by atoms with Gasteiger partial charge >= 0.3 is 0 Å². The van der Waals surface area contributed by atoms with E-state index in [9.17, 15) is 4.79 Å². The summed E-state index contributed by atoms with van der Waals surface area (Å²) in [5.41, 5.74) is 5.91. The van der Waals surface area contributed by atoms with Crippen LogP contribution in [0.15, 0.2) is 48.5 Å². The number of hydrogen-bond donors (Lipinski definition) is 1. The summed E-state index contributed by atoms with van der Waals surface area (Å²) in [6.07, 6.45) is 8.99. The molecule has 2 aromatic rings. The molecule has 4 heteroatoms. The number of fused-ring (bicyclic) bond motifs is 2. The van der Waals surface area contributed by atoms with Gasteiger partial charge in [0.1, 0.15) is 0 Å². The van der Waals surface area contributed by atoms with Crippen LogP contribution in [-0.2, 0) is 29.8 Å². The normalized spacial score (nSPS) is 26.4. The Morgan fingerprint density at radius 3 is 2.15 bits per heavy atom. The van der Waals surface area contributed by atoms with Crippen molar-refractivity contribution in [2.24, 2.45) is 11.8 Å². The first-order chi connectivity index (χ1) is 16.2. The molecule has 3 aliphatic heterocycles. The average molecular weight is 444 g/mol. The van der Waals surface area contributed by atoms with Crippen molar-refractivity contribution in [1.82, 2.24) is 15.1 Å². The monoisotopic (exact) mass is 443 g/mol. The van der Waals surface area contributed by atoms with E-state index in [1.807, 2.05) is 4.90 Å². The summed E-state index contributed by atoms with van der Waals surface area (Å²) in [5, 5.41) is 4.12. The Bertz CT molecular complexity index is 980. The summed E-state index contributed by atoms with van der Waals surface area (Å²) in [6.45, 7) is 5.29. The number of hydrogen-bond acceptors (Lipinski definition) is 3. The predicted molar refractivity (Wildman–Crippen MR) is 132 cm³/mol. The van der Waals surface area contributed by atoms with Crippen molar-refractivity contribution >= 4 is 5.91 Å². The second kappa shape index (κ2) is 8.88. The second-order valence-electron chi connectivity index (χ2n) is 10.8. The van der Waals surface area contributed by atoms with E-state index >= 15 is 0 Å². The van der Waals surface area contributed by atoms with Crippen LogP contribution in [0.2, 0.25) is 0 Å². The lowest BCUT2D eigenvalue weighted by Gasteiger charge is -2.52. The zero-order valence-electron chi connectivity index (χ0n) is 19.8. The van der Waals surface area contributed by atoms with Crippen LogP contribution in [0.25, 0.3) is 0 Å². The molecule has 1 N–H and O–H groups in total. The molecule has 0 aromatic heterocycles. The van der Waals surface area contributed by atoms with Crippen LogP contribution in [0, 0.1) is 11.8 Å². The van der Waals surface area contributed by atoms with Gasteiger partial charge < -0.3 is 10.2 Å². The average Bonchev–Trinajstić information content (AvgIpc) is 3.55. The number of piperidine rings is 1. The molecule has 1 amide bonds. The van der Waals surface area contributed by atoms with Gasteiger partial charge in [-0.3, -0.25) is 9.69 Å². The van der Waals surface area contributed by atoms with Gasteiger partial charge in [0.15, 0.2) is 0 Å². The Morgan fingerprint density at radius 1 is 0.848 bits per heavy atom. The molecule has 1 saturated carbocycles. The molecule has 1 aliphatic carbocycles. The second-order valence-corrected chi connectivity index (χ2v) is 10.8. The third-order valence-electron chi connectivity index (χ3n) is 9.06. The van der Waals surface area contributed by atoms with Gasteiger partial charge in [-0.2, -0.15) is 0 Å². The molecule has 2 fully saturated rings. The summed E-state index contributed by atoms with van der Waals surface area (Å²) in [6, 6.07) is 17.7. The van der Waals surface area contributed by atoms with E-state index in [0.717, 1.165) is 45.1 Å². The Morgan fingerprint density at radius 2 is 1.45 bits per heavy atom. The molecular weight excluding hydrogens is 406 g/mol. The Hall–Kier alpha value is -2.17. The molecule has 1 saturated heterocycles. The van der Waals surface area contributed by atoms with Crippen molar-refractivity contribution in [2.75, 3.05) is 26.2 Å². The molecule has 174 valence electrons. The van der Waals surface area contributed by atoms with Crippen LogP contribution in [-0.4, -0.2) is 41.9 Å². The number of carbonyl (C=O) groups excluding carboxylic acids is 1. The van der Waals surface area contributed by atoms with Crippen molar-refractivity contribution < 1.29 is 4.79 Å². The third-order valence-corrected chi connectivity index (χ3v) is 9.06. The number of nitrogens with zero attached hydrogens (tertiary/aromatic N) is 2. The van der Waals surface area contributed by atoms with Crippen LogP contribution >= 0.6 is 0 Å². The van der Waals surface area contributed by atoms with Gasteiger partial charge in [-0.15, -0.1) is 0 Å². The molecule has 33 heavy (non-hydrogen) atoms. The van der Waals surface area contributed by atoms with Gasteiger partial charge in [0.2, 0.25) is 5.91 Å². The maximum absolute atomic E-state index is 13.1. The molecule has 1 unspecified atom stereocenters. The number of likely N-dealkylation sites (tertiary alicyclic amines) is 1. The maximum atomic E-state index is 13.1. The lowest BCUT2D eigenvalue weighted by Crippen LogP contribution is -2.59. The molecule has 4 aliphatic rings. The third kappa shape index (κ3) is 3.81. The van der Waals surface area contributed by atoms with Crippen LogP contribution in [0.3, 0.4) is 0 Å². The molecular formula is C29H37N3O. The molecule has 4 nitrogen and oxygen atoms in total. The number of amides is 1. The van der Waals surface area contributed by atoms with E-state index in [1.165, 1.54) is 49.7 Å². The summed E-state index contributed by atoms with van der Waals surface area (Å²) in [4.78, 5) is 17.5. The Kier molecular flexibility index (Phi) is 5.75. The van der Waals surface area contributed by atoms with E-state index in [2.05, 4.69) is 58.7 Å². The van der Waals surface area contributed by atoms with E-state index in [1.54, 1.807) is 11.1 Å². The summed E-state index contributed by atoms with van der Waals surface area (Å²) in [5.74, 6) is 1.70. The predicted octanol–water partition coefficient (Wildman–Crippen LogP) is 4.47. The molecule has 0 bridgehead atoms. The van der Waals surface area contributed by atoms with Crippen molar-refractivity contribution in [3.8, 4) is 0 Å². The highest BCUT2D eigenvalue weighted by atomic mass is 16.2. The molecule has 0 radical (unpaired) electrons. The van der Waals surface area contributed by atoms with Crippen LogP contribution < -0.4 is 5.32 Å². The van der Waals surface area contributed by atoms with Gasteiger partial charge in [-0.1, -0.05) is 61.4 Å². The highest BCUT2D eigenvalue weighted by Gasteiger charge is 2.49. The number of nitrogens with one attached hydrogen (secondary N) is 1. The van der Waals surface area contributed by atoms with Crippen molar-refractivity contribution in [3.63, 3.8) is 0 Å². The Balaban J connectivity index is 1.14. The topological polar surface area (TPSA) is 35.6 Å². The highest BCUT2D eigenvalue weighted by molar-refractivity contribution is 5.79. The zero-order chi connectivity index (χ0) is 22.3. The van der Waals surface area contributed by atoms with Gasteiger partial charge in [-0.25, -0.2) is 0 Å². The molecule has 1 atom stereocenters. The highest BCUT2D eigenvalue weighted by Crippen LogP contribution is 2.50. The minimum atomic E-state index is 0.137. The number of benzene rings is 2. The van der Waals surface area contributed by atoms with E-state index < -0.39 is 0 Å². The largest absolute Gasteiger partial charge is 0.333 e. The smallest absolute Gasteiger partial charge is 0.237 e. The zero-order valence-corrected chi connectivity index (χ0v) is 19.8. The minimum Gasteiger partial charge on any atom is -0.333 e. The standard InChI is InChI=1S/C29H37N3O/c33-28(32-19-23-8-1-2-9-24(23)20-32)21-31-17-14-26(15-18-31)29(25-10-4-5-11-25)27-12-6-3-7-22(27)13-16-30-29/h1-3,6-9,12,25-26,30H,4-5,10-11,13-21H2. The van der Waals surface area contributed by atoms with E-state index in [4.69, 9.17) is 0 Å². The fourth-order valence-corrected chi connectivity index (χ4v) is 7.43. The fraction of sp³-hybridized carbons (Fsp3) is 0.552. The first-order valence-corrected chi connectivity index (χ1v) is 13.1. The molecule has 3 heterocycles. The van der Waals surface area contributed by atoms with Crippen LogP contribution in [0.4, 0.5) is 0 Å². The summed E-state index contributed by atoms with van der Waals surface area (Å²) < 4.78 is 0. The summed E-state index contributed by atoms with van der Waals surface area (Å²) in [7, 11) is 0. The van der Waals surface area contributed by atoms with Gasteiger partial charge in [-0.05, 0) is 79.3 Å². The first-order valence-electron chi connectivity index (χ1n) is 13.1. The molecule has 6 rings (SSSR count). The number of rotatable bonds is 4. The molecule has 2 aromatic carbocycles. The van der Waals surface area contributed by atoms with Gasteiger partial charge in [0.25, 0.3) is 0 Å². The quantitative estimate of drug-likeness (QED) is 0.757. The van der Waals surface area contributed by atoms with Crippen molar-refractivity contribution in [2.45, 2.75) is 63.6 Å². The Labute approximate surface area is 198 Å². The molecule has 0 spiro atoms. The minimum absolute atomic E-state index is 0.137. The van der Waals surface area contributed by atoms with Crippen LogP contribution in [0.5, 0.6) is 0 Å². The SMILES string of the molecule is O=C(CN1CCC(C2(C3CCCC3)NCCc3ccccc32)CC1)N1Cc2ccccc2C1. The fourth-order valence-electron chi connectivity index (χ4n) is 7.43. The van der Waals surface area contributed by atoms with E-state index in [-0.39, 0.29) is 11.4 Å². The van der Waals surface area contributed by atoms with Crippen LogP contribution in [0.1, 0.15) is 60.8 Å². The first kappa shape index (κ1) is 21.4. The number of carbonyl (C=O) groups is 1. The lowest BCUT2D eigenvalue weighted by atomic mass is 9.63. The summed E-state index contributed by atoms with van der Waals surface area (Å²) >= 11 is 0. The maximum Gasteiger partial charge on any atom is 0.237 e. The van der Waals surface area contributed by atoms with Crippen molar-refractivity contribution in [1.29, 1.82) is 0 Å². The van der Waals surface area contributed by atoms with Gasteiger partial charge in [0, 0.05) is 25.2 Å². The van der Waals surface area contributed by atoms with Gasteiger partial charge in [0.05, 0.1) is 6.54 Å². The van der Waals surface area contributed by atoms with E-state index in [0.29, 0.717) is 12.5 Å². The van der Waals surface area contributed by atoms with Crippen molar-refractivity contribution in [3.05, 3.63) is 70.8 Å².